The number of hydrogen-bond donors (Lipinski definition) is 0. The second kappa shape index (κ2) is 33.3. The molecule has 0 aliphatic rings. The van der Waals surface area contributed by atoms with Crippen molar-refractivity contribution in [1.82, 2.24) is 43.1 Å². The molecule has 9 aromatic heterocycles. The molecule has 688 valence electrons. The second-order valence-corrected chi connectivity index (χ2v) is 39.4. The van der Waals surface area contributed by atoms with Crippen LogP contribution in [0.5, 0.6) is 0 Å². The summed E-state index contributed by atoms with van der Waals surface area (Å²) in [6.45, 7) is 0. The third kappa shape index (κ3) is 13.2. The molecular formula is C140H83N9. The van der Waals surface area contributed by atoms with Gasteiger partial charge in [-0.05, 0) is 304 Å². The summed E-state index contributed by atoms with van der Waals surface area (Å²) in [5.41, 5.74) is 32.5. The zero-order valence-electron chi connectivity index (χ0n) is 80.4. The Bertz CT molecular complexity index is 11500. The van der Waals surface area contributed by atoms with E-state index in [4.69, 9.17) is 29.9 Å². The van der Waals surface area contributed by atoms with Crippen LogP contribution in [-0.4, -0.2) is 43.1 Å². The van der Waals surface area contributed by atoms with Crippen LogP contribution in [0.3, 0.4) is 0 Å². The smallest absolute Gasteiger partial charge is 0.146 e. The lowest BCUT2D eigenvalue weighted by Crippen LogP contribution is -1.95. The molecule has 33 aromatic rings. The van der Waals surface area contributed by atoms with E-state index in [1.54, 1.807) is 0 Å². The summed E-state index contributed by atoms with van der Waals surface area (Å²) in [6.07, 6.45) is 5.69. The van der Waals surface area contributed by atoms with Gasteiger partial charge in [0, 0.05) is 83.2 Å². The van der Waals surface area contributed by atoms with Crippen LogP contribution in [0, 0.1) is 0 Å². The third-order valence-corrected chi connectivity index (χ3v) is 31.2. The number of imidazole rings is 3. The highest BCUT2D eigenvalue weighted by Crippen LogP contribution is 2.52. The van der Waals surface area contributed by atoms with Crippen LogP contribution < -0.4 is 0 Å². The second-order valence-electron chi connectivity index (χ2n) is 39.4. The molecule has 9 heteroatoms. The summed E-state index contributed by atoms with van der Waals surface area (Å²) in [7, 11) is 0. The Labute approximate surface area is 852 Å². The van der Waals surface area contributed by atoms with Gasteiger partial charge in [-0.25, -0.2) is 15.0 Å². The largest absolute Gasteiger partial charge is 0.292 e. The van der Waals surface area contributed by atoms with Crippen molar-refractivity contribution in [3.8, 4) is 77.9 Å². The molecule has 0 atom stereocenters. The topological polar surface area (TPSA) is 90.6 Å². The number of aromatic nitrogens is 9. The minimum Gasteiger partial charge on any atom is -0.292 e. The normalized spacial score (nSPS) is 12.0. The van der Waals surface area contributed by atoms with E-state index in [1.165, 1.54) is 164 Å². The van der Waals surface area contributed by atoms with Crippen molar-refractivity contribution >= 4 is 234 Å². The molecule has 33 rings (SSSR count). The molecule has 0 N–H and O–H groups in total. The van der Waals surface area contributed by atoms with Gasteiger partial charge in [0.05, 0.1) is 66.2 Å². The Morgan fingerprint density at radius 1 is 0.141 bits per heavy atom. The summed E-state index contributed by atoms with van der Waals surface area (Å²) in [6, 6.07) is 176. The SMILES string of the molecule is c1cc(-c2ccc3ccccc3c2)cc(-c2ccc3c(c2)c2c(ccc4cccnc42)c2nc4ccccc4n32)c1.c1ccc2c(-c3c4ccccc4c(-c4ccc5c(c4)c4c(ccc6cccnc64)c4nc6ccccc6n54)c4ccccc34)cccc2c1.c1ccc2cc(-c3c4ccccc4c(-c4ccc5ccccc5c4)c4cc(-c5ccc6c(c5)c5c(ccc7cccnc75)c5nc7ccccc7n65)ccc34)ccc2c1. The Morgan fingerprint density at radius 3 is 0.839 bits per heavy atom. The average Bonchev–Trinajstić information content (AvgIpc) is 1.66. The summed E-state index contributed by atoms with van der Waals surface area (Å²) in [5, 5.41) is 33.5. The molecule has 0 radical (unpaired) electrons. The van der Waals surface area contributed by atoms with Crippen LogP contribution in [0.2, 0.25) is 0 Å². The fraction of sp³-hybridized carbons (Fsp3) is 0. The summed E-state index contributed by atoms with van der Waals surface area (Å²) >= 11 is 0. The first kappa shape index (κ1) is 83.6. The number of benzene rings is 24. The molecular weight excluding hydrogens is 1810 g/mol. The third-order valence-electron chi connectivity index (χ3n) is 31.2. The van der Waals surface area contributed by atoms with Gasteiger partial charge in [-0.2, -0.15) is 0 Å². The molecule has 24 aromatic carbocycles. The molecule has 0 saturated carbocycles. The molecule has 0 aliphatic carbocycles. The lowest BCUT2D eigenvalue weighted by Gasteiger charge is -2.19. The maximum Gasteiger partial charge on any atom is 0.146 e. The number of para-hydroxylation sites is 6. The molecule has 0 spiro atoms. The Balaban J connectivity index is 0.000000103. The highest BCUT2D eigenvalue weighted by molar-refractivity contribution is 6.30. The lowest BCUT2D eigenvalue weighted by molar-refractivity contribution is 1.31. The first-order chi connectivity index (χ1) is 73.9. The number of fused-ring (bicyclic) bond motifs is 38. The molecule has 0 aliphatic heterocycles. The standard InChI is InChI=1S/C56H33N3.C46H27N3.C38H23N3/c1-3-12-37-30-41(21-19-34(37)10-1)52-43-15-5-6-16-44(43)53(42-22-20-35-11-2-4-13-38(35)31-42)47-32-39(24-26-45(47)52)40-25-28-50-48(33-40)54-46(27-23-36-14-9-29-57-55(36)54)56-58-49-17-7-8-18-51(49)59(50)56;1-2-14-31-28(11-1)12-9-19-32(31)43-35-17-5-3-15-33(35)42(34-16-4-6-18-36(34)43)30-23-25-40-38(27-30)44-37(24-22-29-13-10-26-47-45(29)44)46-48-39-20-7-8-21-41(39)49(40)46;1-2-8-26-21-29(15-14-24(26)7-1)27-9-5-10-28(22-27)30-17-19-34-32(23-30)36-31(18-16-25-11-6-20-39-37(25)36)38-40-33-12-3-4-13-35(33)41(34)38/h1-33H;1-27H;1-23H. The van der Waals surface area contributed by atoms with E-state index in [9.17, 15) is 0 Å². The van der Waals surface area contributed by atoms with Crippen LogP contribution in [0.4, 0.5) is 0 Å². The first-order valence-electron chi connectivity index (χ1n) is 50.9. The maximum atomic E-state index is 5.18. The maximum absolute atomic E-state index is 5.18. The quantitative estimate of drug-likeness (QED) is 0.117. The summed E-state index contributed by atoms with van der Waals surface area (Å²) in [4.78, 5) is 30.2. The minimum absolute atomic E-state index is 0.952. The molecule has 0 saturated heterocycles. The van der Waals surface area contributed by atoms with Crippen molar-refractivity contribution in [1.29, 1.82) is 0 Å². The van der Waals surface area contributed by atoms with E-state index in [-0.39, 0.29) is 0 Å². The number of rotatable bonds is 7. The van der Waals surface area contributed by atoms with Gasteiger partial charge in [0.15, 0.2) is 0 Å². The van der Waals surface area contributed by atoms with Crippen LogP contribution >= 0.6 is 0 Å². The highest BCUT2D eigenvalue weighted by atomic mass is 15.0. The molecule has 0 bridgehead atoms. The van der Waals surface area contributed by atoms with E-state index >= 15 is 0 Å². The van der Waals surface area contributed by atoms with Crippen LogP contribution in [0.1, 0.15) is 0 Å². The van der Waals surface area contributed by atoms with Gasteiger partial charge in [0.1, 0.15) is 16.9 Å². The first-order valence-corrected chi connectivity index (χ1v) is 50.9. The monoisotopic (exact) mass is 1890 g/mol. The van der Waals surface area contributed by atoms with Gasteiger partial charge in [-0.15, -0.1) is 0 Å². The molecule has 149 heavy (non-hydrogen) atoms. The fourth-order valence-corrected chi connectivity index (χ4v) is 24.6. The molecule has 0 unspecified atom stereocenters. The fourth-order valence-electron chi connectivity index (χ4n) is 24.6. The molecule has 0 fully saturated rings. The van der Waals surface area contributed by atoms with Crippen molar-refractivity contribution in [3.63, 3.8) is 0 Å². The zero-order chi connectivity index (χ0) is 97.6. The summed E-state index contributed by atoms with van der Waals surface area (Å²) < 4.78 is 6.95. The van der Waals surface area contributed by atoms with E-state index in [0.717, 1.165) is 148 Å². The summed E-state index contributed by atoms with van der Waals surface area (Å²) in [5.74, 6) is 0. The Kier molecular flexibility index (Phi) is 18.7. The number of nitrogens with zero attached hydrogens (tertiary/aromatic N) is 9. The van der Waals surface area contributed by atoms with Crippen molar-refractivity contribution in [3.05, 3.63) is 504 Å². The van der Waals surface area contributed by atoms with Gasteiger partial charge in [-0.3, -0.25) is 28.2 Å². The van der Waals surface area contributed by atoms with Gasteiger partial charge < -0.3 is 0 Å². The van der Waals surface area contributed by atoms with Crippen LogP contribution in [0.15, 0.2) is 504 Å². The van der Waals surface area contributed by atoms with E-state index in [0.29, 0.717) is 0 Å². The van der Waals surface area contributed by atoms with Crippen LogP contribution in [-0.2, 0) is 0 Å². The average molecular weight is 1890 g/mol. The van der Waals surface area contributed by atoms with E-state index in [2.05, 4.69) is 480 Å². The van der Waals surface area contributed by atoms with Gasteiger partial charge in [-0.1, -0.05) is 346 Å². The molecule has 9 nitrogen and oxygen atoms in total. The molecule has 0 amide bonds. The van der Waals surface area contributed by atoms with Crippen LogP contribution in [0.25, 0.3) is 312 Å². The zero-order valence-corrected chi connectivity index (χ0v) is 80.4. The van der Waals surface area contributed by atoms with E-state index < -0.39 is 0 Å². The van der Waals surface area contributed by atoms with Crippen molar-refractivity contribution < 1.29 is 0 Å². The number of hydrogen-bond acceptors (Lipinski definition) is 6. The van der Waals surface area contributed by atoms with Crippen molar-refractivity contribution in [2.24, 2.45) is 0 Å². The van der Waals surface area contributed by atoms with Gasteiger partial charge in [0.2, 0.25) is 0 Å². The Morgan fingerprint density at radius 2 is 0.409 bits per heavy atom. The highest BCUT2D eigenvalue weighted by Gasteiger charge is 2.27. The minimum atomic E-state index is 0.952. The predicted molar refractivity (Wildman–Crippen MR) is 627 cm³/mol. The van der Waals surface area contributed by atoms with E-state index in [1.807, 2.05) is 36.8 Å². The number of pyridine rings is 6. The lowest BCUT2D eigenvalue weighted by atomic mass is 9.84. The van der Waals surface area contributed by atoms with Gasteiger partial charge in [0.25, 0.3) is 0 Å². The molecule has 9 heterocycles. The Hall–Kier alpha value is -20.0. The van der Waals surface area contributed by atoms with Crippen molar-refractivity contribution in [2.45, 2.75) is 0 Å². The van der Waals surface area contributed by atoms with Gasteiger partial charge >= 0.3 is 0 Å². The predicted octanol–water partition coefficient (Wildman–Crippen LogP) is 36.9. The van der Waals surface area contributed by atoms with Crippen molar-refractivity contribution in [2.75, 3.05) is 0 Å².